The topological polar surface area (TPSA) is 62.2 Å². The van der Waals surface area contributed by atoms with E-state index in [9.17, 15) is 4.79 Å². The number of halogens is 2. The van der Waals surface area contributed by atoms with E-state index in [4.69, 9.17) is 33.0 Å². The van der Waals surface area contributed by atoms with E-state index in [-0.39, 0.29) is 0 Å². The molecule has 2 aliphatic heterocycles. The minimum atomic E-state index is -1.55. The van der Waals surface area contributed by atoms with Crippen LogP contribution in [-0.2, 0) is 15.1 Å². The third-order valence-corrected chi connectivity index (χ3v) is 7.91. The van der Waals surface area contributed by atoms with Crippen LogP contribution in [-0.4, -0.2) is 23.3 Å². The molecule has 206 valence electrons. The SMILES string of the molecule is CC(C)(C)OC(=O)N1C(=O)[C@@]2(c3ccccc31)[C@H](c1c(Cl)cccc1Cl)C(c1ccccc1)=NN2c1ccccc1. The van der Waals surface area contributed by atoms with Gasteiger partial charge in [0, 0.05) is 21.2 Å². The summed E-state index contributed by atoms with van der Waals surface area (Å²) in [6.45, 7) is 5.30. The normalized spacial score (nSPS) is 19.9. The van der Waals surface area contributed by atoms with Gasteiger partial charge < -0.3 is 4.74 Å². The van der Waals surface area contributed by atoms with Gasteiger partial charge in [0.15, 0.2) is 5.54 Å². The first-order valence-electron chi connectivity index (χ1n) is 13.2. The van der Waals surface area contributed by atoms with Crippen LogP contribution in [0.4, 0.5) is 16.2 Å². The second kappa shape index (κ2) is 10.1. The summed E-state index contributed by atoms with van der Waals surface area (Å²) in [7, 11) is 0. The predicted molar refractivity (Wildman–Crippen MR) is 163 cm³/mol. The molecule has 0 aliphatic carbocycles. The average molecular weight is 585 g/mol. The zero-order chi connectivity index (χ0) is 28.9. The number of para-hydroxylation sites is 2. The minimum absolute atomic E-state index is 0.390. The maximum atomic E-state index is 15.1. The number of carbonyl (C=O) groups excluding carboxylic acids is 2. The van der Waals surface area contributed by atoms with Crippen molar-refractivity contribution in [3.8, 4) is 0 Å². The van der Waals surface area contributed by atoms with Crippen molar-refractivity contribution in [3.63, 3.8) is 0 Å². The van der Waals surface area contributed by atoms with E-state index < -0.39 is 29.1 Å². The molecule has 0 saturated heterocycles. The summed E-state index contributed by atoms with van der Waals surface area (Å²) in [5, 5.41) is 7.65. The number of amides is 2. The van der Waals surface area contributed by atoms with Crippen LogP contribution in [0.5, 0.6) is 0 Å². The van der Waals surface area contributed by atoms with Gasteiger partial charge in [-0.25, -0.2) is 14.7 Å². The van der Waals surface area contributed by atoms with E-state index in [1.807, 2.05) is 72.8 Å². The van der Waals surface area contributed by atoms with Crippen LogP contribution in [0.2, 0.25) is 10.0 Å². The first kappa shape index (κ1) is 27.1. The highest BCUT2D eigenvalue weighted by molar-refractivity contribution is 6.37. The van der Waals surface area contributed by atoms with Crippen LogP contribution in [0.3, 0.4) is 0 Å². The zero-order valence-electron chi connectivity index (χ0n) is 22.7. The van der Waals surface area contributed by atoms with Crippen LogP contribution in [0.25, 0.3) is 0 Å². The van der Waals surface area contributed by atoms with Crippen molar-refractivity contribution < 1.29 is 14.3 Å². The van der Waals surface area contributed by atoms with Crippen molar-refractivity contribution >= 4 is 52.3 Å². The van der Waals surface area contributed by atoms with E-state index in [0.717, 1.165) is 10.5 Å². The average Bonchev–Trinajstić information content (AvgIpc) is 3.42. The Morgan fingerprint density at radius 1 is 0.829 bits per heavy atom. The van der Waals surface area contributed by atoms with Crippen molar-refractivity contribution in [2.24, 2.45) is 5.10 Å². The van der Waals surface area contributed by atoms with Gasteiger partial charge >= 0.3 is 6.09 Å². The van der Waals surface area contributed by atoms with Gasteiger partial charge in [-0.3, -0.25) is 4.79 Å². The lowest BCUT2D eigenvalue weighted by Gasteiger charge is -2.38. The summed E-state index contributed by atoms with van der Waals surface area (Å²) in [4.78, 5) is 29.9. The second-order valence-corrected chi connectivity index (χ2v) is 11.8. The Balaban J connectivity index is 1.71. The molecule has 2 atom stereocenters. The molecule has 6 rings (SSSR count). The standard InChI is InChI=1S/C33H27Cl2N3O3/c1-32(2,3)41-31(40)37-26-20-11-10-17-23(26)33(30(37)39)28(27-24(34)18-12-19-25(27)35)29(21-13-6-4-7-14-21)36-38(33)22-15-8-5-9-16-22/h4-20,28H,1-3H3/t28-,33-/m1/s1. The number of imide groups is 1. The molecule has 41 heavy (non-hydrogen) atoms. The maximum Gasteiger partial charge on any atom is 0.421 e. The van der Waals surface area contributed by atoms with Gasteiger partial charge in [-0.2, -0.15) is 5.10 Å². The predicted octanol–water partition coefficient (Wildman–Crippen LogP) is 8.18. The first-order chi connectivity index (χ1) is 19.6. The van der Waals surface area contributed by atoms with Crippen LogP contribution < -0.4 is 9.91 Å². The zero-order valence-corrected chi connectivity index (χ0v) is 24.2. The number of fused-ring (bicyclic) bond motifs is 2. The molecule has 2 heterocycles. The molecule has 8 heteroatoms. The van der Waals surface area contributed by atoms with E-state index in [1.165, 1.54) is 0 Å². The van der Waals surface area contributed by atoms with Crippen LogP contribution >= 0.6 is 23.2 Å². The highest BCUT2D eigenvalue weighted by Gasteiger charge is 2.67. The largest absolute Gasteiger partial charge is 0.443 e. The second-order valence-electron chi connectivity index (χ2n) is 11.0. The highest BCUT2D eigenvalue weighted by atomic mass is 35.5. The van der Waals surface area contributed by atoms with Crippen molar-refractivity contribution in [3.05, 3.63) is 130 Å². The van der Waals surface area contributed by atoms with Gasteiger partial charge in [0.05, 0.1) is 23.0 Å². The minimum Gasteiger partial charge on any atom is -0.443 e. The quantitative estimate of drug-likeness (QED) is 0.244. The molecule has 4 aromatic carbocycles. The molecule has 0 aromatic heterocycles. The molecule has 0 radical (unpaired) electrons. The van der Waals surface area contributed by atoms with Gasteiger partial charge in [-0.15, -0.1) is 0 Å². The summed E-state index contributed by atoms with van der Waals surface area (Å²) in [5.74, 6) is -1.29. The highest BCUT2D eigenvalue weighted by Crippen LogP contribution is 2.59. The number of nitrogens with zero attached hydrogens (tertiary/aromatic N) is 3. The smallest absolute Gasteiger partial charge is 0.421 e. The molecule has 0 saturated carbocycles. The van der Waals surface area contributed by atoms with E-state index >= 15 is 4.79 Å². The third-order valence-electron chi connectivity index (χ3n) is 7.25. The Hall–Kier alpha value is -4.13. The molecule has 1 spiro atoms. The number of anilines is 2. The molecule has 0 unspecified atom stereocenters. The number of ether oxygens (including phenoxy) is 1. The lowest BCUT2D eigenvalue weighted by atomic mass is 9.71. The third kappa shape index (κ3) is 4.30. The van der Waals surface area contributed by atoms with Crippen LogP contribution in [0.1, 0.15) is 43.4 Å². The number of hydrogen-bond acceptors (Lipinski definition) is 5. The molecule has 0 bridgehead atoms. The maximum absolute atomic E-state index is 15.1. The number of hydrazone groups is 1. The first-order valence-corrected chi connectivity index (χ1v) is 14.0. The Kier molecular flexibility index (Phi) is 6.63. The van der Waals surface area contributed by atoms with Gasteiger partial charge in [0.1, 0.15) is 5.60 Å². The summed E-state index contributed by atoms with van der Waals surface area (Å²) >= 11 is 13.8. The van der Waals surface area contributed by atoms with E-state index in [1.54, 1.807) is 56.1 Å². The molecule has 4 aromatic rings. The van der Waals surface area contributed by atoms with E-state index in [0.29, 0.717) is 38.3 Å². The van der Waals surface area contributed by atoms with Gasteiger partial charge in [0.2, 0.25) is 0 Å². The van der Waals surface area contributed by atoms with Gasteiger partial charge in [0.25, 0.3) is 5.91 Å². The summed E-state index contributed by atoms with van der Waals surface area (Å²) in [5.41, 5.74) is 1.25. The summed E-state index contributed by atoms with van der Waals surface area (Å²) in [6, 6.07) is 31.6. The fraction of sp³-hybridized carbons (Fsp3) is 0.182. The monoisotopic (exact) mass is 583 g/mol. The lowest BCUT2D eigenvalue weighted by molar-refractivity contribution is -0.123. The van der Waals surface area contributed by atoms with Crippen molar-refractivity contribution in [1.29, 1.82) is 0 Å². The summed E-state index contributed by atoms with van der Waals surface area (Å²) in [6.07, 6.45) is -0.767. The van der Waals surface area contributed by atoms with Gasteiger partial charge in [-0.05, 0) is 56.7 Å². The Morgan fingerprint density at radius 2 is 1.41 bits per heavy atom. The van der Waals surface area contributed by atoms with E-state index in [2.05, 4.69) is 0 Å². The molecule has 2 amide bonds. The molecular formula is C33H27Cl2N3O3. The fourth-order valence-electron chi connectivity index (χ4n) is 5.72. The molecule has 0 fully saturated rings. The van der Waals surface area contributed by atoms with Crippen molar-refractivity contribution in [1.82, 2.24) is 0 Å². The number of hydrogen-bond donors (Lipinski definition) is 0. The Bertz CT molecular complexity index is 1660. The molecule has 6 nitrogen and oxygen atoms in total. The Labute approximate surface area is 248 Å². The lowest BCUT2D eigenvalue weighted by Crippen LogP contribution is -2.54. The van der Waals surface area contributed by atoms with Crippen LogP contribution in [0.15, 0.2) is 108 Å². The number of benzene rings is 4. The van der Waals surface area contributed by atoms with Crippen molar-refractivity contribution in [2.45, 2.75) is 37.8 Å². The number of rotatable bonds is 3. The van der Waals surface area contributed by atoms with Crippen LogP contribution in [0, 0.1) is 0 Å². The van der Waals surface area contributed by atoms with Gasteiger partial charge in [-0.1, -0.05) is 96.0 Å². The Morgan fingerprint density at radius 3 is 2.05 bits per heavy atom. The molecular weight excluding hydrogens is 557 g/mol. The number of carbonyl (C=O) groups is 2. The van der Waals surface area contributed by atoms with Crippen molar-refractivity contribution in [2.75, 3.05) is 9.91 Å². The molecule has 2 aliphatic rings. The summed E-state index contributed by atoms with van der Waals surface area (Å²) < 4.78 is 5.75. The fourth-order valence-corrected chi connectivity index (χ4v) is 6.33. The molecule has 0 N–H and O–H groups in total.